The first-order valence-corrected chi connectivity index (χ1v) is 14.5. The van der Waals surface area contributed by atoms with Crippen molar-refractivity contribution in [3.63, 3.8) is 0 Å². The normalized spacial score (nSPS) is 21.0. The molecule has 1 fully saturated rings. The van der Waals surface area contributed by atoms with Crippen LogP contribution in [0.5, 0.6) is 5.75 Å². The number of thiazole rings is 1. The number of carbonyl (C=O) groups excluding carboxylic acids is 5. The minimum atomic E-state index is -1.53. The van der Waals surface area contributed by atoms with E-state index in [0.717, 1.165) is 27.7 Å². The third kappa shape index (κ3) is 7.82. The van der Waals surface area contributed by atoms with E-state index in [1.807, 2.05) is 0 Å². The van der Waals surface area contributed by atoms with Crippen LogP contribution in [-0.2, 0) is 47.6 Å². The molecular formula is C29H29NO14S. The summed E-state index contributed by atoms with van der Waals surface area (Å²) in [7, 11) is 0. The lowest BCUT2D eigenvalue weighted by molar-refractivity contribution is -0.288. The Morgan fingerprint density at radius 1 is 0.889 bits per heavy atom. The molecule has 0 aliphatic carbocycles. The fraction of sp³-hybridized carbons (Fsp3) is 0.414. The number of benzene rings is 1. The molecule has 15 nitrogen and oxygen atoms in total. The number of ether oxygens (including phenoxy) is 7. The zero-order valence-corrected chi connectivity index (χ0v) is 25.6. The highest BCUT2D eigenvalue weighted by atomic mass is 32.1. The summed E-state index contributed by atoms with van der Waals surface area (Å²) in [6.07, 6.45) is -7.10. The van der Waals surface area contributed by atoms with Gasteiger partial charge < -0.3 is 37.6 Å². The van der Waals surface area contributed by atoms with E-state index in [9.17, 15) is 28.8 Å². The van der Waals surface area contributed by atoms with Crippen molar-refractivity contribution >= 4 is 52.2 Å². The molecule has 1 aliphatic rings. The van der Waals surface area contributed by atoms with Gasteiger partial charge in [-0.25, -0.2) is 9.78 Å². The smallest absolute Gasteiger partial charge is 0.375 e. The second-order valence-electron chi connectivity index (χ2n) is 9.57. The summed E-state index contributed by atoms with van der Waals surface area (Å²) >= 11 is 1.22. The van der Waals surface area contributed by atoms with E-state index >= 15 is 0 Å². The molecule has 4 rings (SSSR count). The van der Waals surface area contributed by atoms with E-state index in [0.29, 0.717) is 0 Å². The van der Waals surface area contributed by atoms with Gasteiger partial charge in [0.1, 0.15) is 24.0 Å². The Kier molecular flexibility index (Phi) is 10.5. The maximum atomic E-state index is 13.5. The van der Waals surface area contributed by atoms with Gasteiger partial charge in [-0.3, -0.25) is 24.0 Å². The van der Waals surface area contributed by atoms with E-state index in [4.69, 9.17) is 37.6 Å². The number of nitrogens with zero attached hydrogens (tertiary/aromatic N) is 1. The Balaban J connectivity index is 1.78. The summed E-state index contributed by atoms with van der Waals surface area (Å²) in [4.78, 5) is 78.2. The van der Waals surface area contributed by atoms with Crippen LogP contribution in [-0.4, -0.2) is 78.8 Å². The molecule has 0 unspecified atom stereocenters. The molecule has 1 saturated heterocycles. The van der Waals surface area contributed by atoms with E-state index < -0.39 is 72.6 Å². The molecular weight excluding hydrogens is 618 g/mol. The van der Waals surface area contributed by atoms with Gasteiger partial charge in [-0.2, -0.15) is 0 Å². The molecule has 0 N–H and O–H groups in total. The molecule has 1 aliphatic heterocycles. The molecule has 5 atom stereocenters. The fourth-order valence-electron chi connectivity index (χ4n) is 4.57. The molecule has 16 heteroatoms. The third-order valence-corrected chi connectivity index (χ3v) is 6.80. The Morgan fingerprint density at radius 3 is 2.16 bits per heavy atom. The number of esters is 5. The largest absolute Gasteiger partial charge is 0.463 e. The van der Waals surface area contributed by atoms with E-state index in [1.54, 1.807) is 12.3 Å². The molecule has 0 amide bonds. The Labute approximate surface area is 259 Å². The monoisotopic (exact) mass is 647 g/mol. The van der Waals surface area contributed by atoms with E-state index in [2.05, 4.69) is 4.98 Å². The summed E-state index contributed by atoms with van der Waals surface area (Å²) in [5, 5.41) is 1.67. The standard InChI is InChI=1S/C29H29NO14S/c1-6-37-28(36)25-22(19-11-45-12-30-19)23(35)18-8-7-17(9-20(18)43-25)42-29-27(41-16(5)34)26(40-15(4)33)24(39-14(3)32)21(44-29)10-38-13(2)31/h7-9,11-12,21,24,26-27,29H,6,10H2,1-5H3/t21-,24+,26+,27+,29-/m1/s1. The van der Waals surface area contributed by atoms with Crippen LogP contribution in [0.4, 0.5) is 0 Å². The molecule has 0 saturated carbocycles. The highest BCUT2D eigenvalue weighted by molar-refractivity contribution is 7.07. The second-order valence-corrected chi connectivity index (χ2v) is 10.3. The van der Waals surface area contributed by atoms with Crippen LogP contribution in [0.2, 0.25) is 0 Å². The Hall–Kier alpha value is -4.83. The lowest BCUT2D eigenvalue weighted by Gasteiger charge is -2.43. The molecule has 45 heavy (non-hydrogen) atoms. The van der Waals surface area contributed by atoms with Crippen molar-refractivity contribution in [1.82, 2.24) is 4.98 Å². The number of aromatic nitrogens is 1. The van der Waals surface area contributed by atoms with E-state index in [1.165, 1.54) is 35.0 Å². The van der Waals surface area contributed by atoms with Gasteiger partial charge in [0.25, 0.3) is 0 Å². The van der Waals surface area contributed by atoms with Crippen molar-refractivity contribution in [3.8, 4) is 17.0 Å². The summed E-state index contributed by atoms with van der Waals surface area (Å²) in [5.41, 5.74) is 1.04. The molecule has 1 aromatic carbocycles. The zero-order chi connectivity index (χ0) is 32.8. The SMILES string of the molecule is CCOC(=O)c1oc2cc(O[C@@H]3O[C@H](COC(C)=O)[C@H](OC(C)=O)[C@H](OC(C)=O)[C@@H]3OC(C)=O)ccc2c(=O)c1-c1cscn1. The van der Waals surface area contributed by atoms with Crippen molar-refractivity contribution in [3.05, 3.63) is 45.1 Å². The highest BCUT2D eigenvalue weighted by Gasteiger charge is 2.53. The number of rotatable bonds is 10. The minimum absolute atomic E-state index is 0.00256. The summed E-state index contributed by atoms with van der Waals surface area (Å²) in [6, 6.07) is 4.06. The summed E-state index contributed by atoms with van der Waals surface area (Å²) in [5.74, 6) is -4.34. The lowest BCUT2D eigenvalue weighted by atomic mass is 9.98. The van der Waals surface area contributed by atoms with Crippen molar-refractivity contribution in [2.75, 3.05) is 13.2 Å². The van der Waals surface area contributed by atoms with Crippen LogP contribution in [0, 0.1) is 0 Å². The van der Waals surface area contributed by atoms with Gasteiger partial charge in [0.05, 0.1) is 28.8 Å². The molecule has 2 aromatic heterocycles. The maximum Gasteiger partial charge on any atom is 0.375 e. The quantitative estimate of drug-likeness (QED) is 0.230. The highest BCUT2D eigenvalue weighted by Crippen LogP contribution is 2.33. The van der Waals surface area contributed by atoms with Gasteiger partial charge in [0.2, 0.25) is 23.6 Å². The van der Waals surface area contributed by atoms with Crippen molar-refractivity contribution in [2.45, 2.75) is 65.3 Å². The van der Waals surface area contributed by atoms with Crippen molar-refractivity contribution < 1.29 is 61.5 Å². The average Bonchev–Trinajstić information content (AvgIpc) is 3.49. The van der Waals surface area contributed by atoms with Gasteiger partial charge in [0.15, 0.2) is 12.2 Å². The van der Waals surface area contributed by atoms with Crippen LogP contribution < -0.4 is 10.2 Å². The van der Waals surface area contributed by atoms with Crippen molar-refractivity contribution in [2.24, 2.45) is 0 Å². The molecule has 0 radical (unpaired) electrons. The first-order chi connectivity index (χ1) is 21.4. The topological polar surface area (TPSA) is 193 Å². The summed E-state index contributed by atoms with van der Waals surface area (Å²) < 4.78 is 44.2. The minimum Gasteiger partial charge on any atom is -0.463 e. The maximum absolute atomic E-state index is 13.5. The van der Waals surface area contributed by atoms with Gasteiger partial charge >= 0.3 is 29.8 Å². The molecule has 3 aromatic rings. The third-order valence-electron chi connectivity index (χ3n) is 6.21. The van der Waals surface area contributed by atoms with Crippen LogP contribution in [0.25, 0.3) is 22.2 Å². The fourth-order valence-corrected chi connectivity index (χ4v) is 5.12. The van der Waals surface area contributed by atoms with Gasteiger partial charge in [-0.15, -0.1) is 11.3 Å². The summed E-state index contributed by atoms with van der Waals surface area (Å²) in [6.45, 7) is 5.60. The van der Waals surface area contributed by atoms with Crippen LogP contribution in [0.3, 0.4) is 0 Å². The number of carbonyl (C=O) groups is 5. The first kappa shape index (κ1) is 33.1. The molecule has 240 valence electrons. The van der Waals surface area contributed by atoms with E-state index in [-0.39, 0.29) is 40.3 Å². The first-order valence-electron chi connectivity index (χ1n) is 13.5. The van der Waals surface area contributed by atoms with Crippen LogP contribution >= 0.6 is 11.3 Å². The number of fused-ring (bicyclic) bond motifs is 1. The van der Waals surface area contributed by atoms with Gasteiger partial charge in [0, 0.05) is 39.1 Å². The number of hydrogen-bond acceptors (Lipinski definition) is 16. The van der Waals surface area contributed by atoms with Gasteiger partial charge in [-0.1, -0.05) is 0 Å². The Morgan fingerprint density at radius 2 is 1.56 bits per heavy atom. The van der Waals surface area contributed by atoms with Gasteiger partial charge in [-0.05, 0) is 19.1 Å². The van der Waals surface area contributed by atoms with Crippen molar-refractivity contribution in [1.29, 1.82) is 0 Å². The molecule has 0 spiro atoms. The van der Waals surface area contributed by atoms with Crippen LogP contribution in [0.15, 0.2) is 38.3 Å². The lowest BCUT2D eigenvalue weighted by Crippen LogP contribution is -2.63. The zero-order valence-electron chi connectivity index (χ0n) is 24.8. The predicted molar refractivity (Wildman–Crippen MR) is 152 cm³/mol. The molecule has 3 heterocycles. The molecule has 0 bridgehead atoms. The predicted octanol–water partition coefficient (Wildman–Crippen LogP) is 2.56. The van der Waals surface area contributed by atoms with Crippen LogP contribution in [0.1, 0.15) is 45.2 Å². The second kappa shape index (κ2) is 14.3. The number of hydrogen-bond donors (Lipinski definition) is 0. The Bertz CT molecular complexity index is 1650. The average molecular weight is 648 g/mol.